The molecule has 4 fully saturated rings. The van der Waals surface area contributed by atoms with Crippen LogP contribution in [0.4, 0.5) is 19.0 Å². The van der Waals surface area contributed by atoms with Crippen LogP contribution in [0.5, 0.6) is 0 Å². The Morgan fingerprint density at radius 1 is 1.12 bits per heavy atom. The Kier molecular flexibility index (Phi) is 4.72. The lowest BCUT2D eigenvalue weighted by Gasteiger charge is -2.35. The topological polar surface area (TPSA) is 49.3 Å². The third-order valence-electron chi connectivity index (χ3n) is 8.16. The molecule has 1 amide bonds. The zero-order valence-electron chi connectivity index (χ0n) is 17.9. The summed E-state index contributed by atoms with van der Waals surface area (Å²) in [4.78, 5) is 27.0. The Hall–Kier alpha value is -1.90. The number of amides is 1. The van der Waals surface area contributed by atoms with Gasteiger partial charge in [0.25, 0.3) is 0 Å². The number of alkyl halides is 3. The average Bonchev–Trinajstić information content (AvgIpc) is 3.07. The van der Waals surface area contributed by atoms with Crippen LogP contribution in [0.25, 0.3) is 10.2 Å². The lowest BCUT2D eigenvalue weighted by Crippen LogP contribution is -2.45. The molecule has 0 bridgehead atoms. The summed E-state index contributed by atoms with van der Waals surface area (Å²) in [5, 5.41) is 0.712. The van der Waals surface area contributed by atoms with E-state index < -0.39 is 12.6 Å². The molecule has 5 nitrogen and oxygen atoms in total. The molecule has 4 aliphatic rings. The molecule has 2 aromatic heterocycles. The molecule has 9 heteroatoms. The van der Waals surface area contributed by atoms with Crippen molar-refractivity contribution in [2.75, 3.05) is 31.1 Å². The smallest absolute Gasteiger partial charge is 0.355 e. The predicted molar refractivity (Wildman–Crippen MR) is 117 cm³/mol. The van der Waals surface area contributed by atoms with E-state index in [1.54, 1.807) is 6.07 Å². The van der Waals surface area contributed by atoms with E-state index in [1.807, 2.05) is 0 Å². The molecule has 2 aliphatic carbocycles. The number of fused-ring (bicyclic) bond motifs is 2. The highest BCUT2D eigenvalue weighted by molar-refractivity contribution is 7.18. The fourth-order valence-corrected chi connectivity index (χ4v) is 7.30. The van der Waals surface area contributed by atoms with Gasteiger partial charge in [0.15, 0.2) is 0 Å². The summed E-state index contributed by atoms with van der Waals surface area (Å²) < 4.78 is 38.6. The lowest BCUT2D eigenvalue weighted by atomic mass is 9.88. The van der Waals surface area contributed by atoms with E-state index in [4.69, 9.17) is 0 Å². The molecule has 4 heterocycles. The van der Waals surface area contributed by atoms with Crippen LogP contribution in [0.15, 0.2) is 12.4 Å². The molecule has 6 rings (SSSR count). The van der Waals surface area contributed by atoms with Crippen LogP contribution in [0.2, 0.25) is 0 Å². The number of halogens is 3. The number of carbonyl (C=O) groups is 1. The molecule has 2 aliphatic heterocycles. The summed E-state index contributed by atoms with van der Waals surface area (Å²) in [6.07, 6.45) is 3.24. The number of likely N-dealkylation sites (tertiary alicyclic amines) is 1. The summed E-state index contributed by atoms with van der Waals surface area (Å²) >= 11 is 1.10. The van der Waals surface area contributed by atoms with Crippen LogP contribution in [-0.4, -0.2) is 53.1 Å². The van der Waals surface area contributed by atoms with E-state index >= 15 is 0 Å². The van der Waals surface area contributed by atoms with Gasteiger partial charge in [0.2, 0.25) is 5.91 Å². The molecule has 2 saturated carbocycles. The molecule has 172 valence electrons. The average molecular weight is 465 g/mol. The summed E-state index contributed by atoms with van der Waals surface area (Å²) in [5.74, 6) is 2.19. The van der Waals surface area contributed by atoms with E-state index in [2.05, 4.69) is 19.8 Å². The van der Waals surface area contributed by atoms with Crippen LogP contribution in [0.3, 0.4) is 0 Å². The highest BCUT2D eigenvalue weighted by Gasteiger charge is 2.51. The van der Waals surface area contributed by atoms with Crippen molar-refractivity contribution in [2.45, 2.75) is 51.1 Å². The van der Waals surface area contributed by atoms with E-state index in [9.17, 15) is 18.0 Å². The van der Waals surface area contributed by atoms with Crippen LogP contribution in [0, 0.1) is 23.2 Å². The van der Waals surface area contributed by atoms with Crippen LogP contribution < -0.4 is 4.90 Å². The first-order valence-corrected chi connectivity index (χ1v) is 12.4. The Morgan fingerprint density at radius 3 is 2.69 bits per heavy atom. The van der Waals surface area contributed by atoms with E-state index in [1.165, 1.54) is 25.6 Å². The van der Waals surface area contributed by atoms with Crippen molar-refractivity contribution in [3.8, 4) is 0 Å². The number of aromatic nitrogens is 2. The van der Waals surface area contributed by atoms with Crippen molar-refractivity contribution < 1.29 is 18.0 Å². The van der Waals surface area contributed by atoms with E-state index in [0.29, 0.717) is 33.4 Å². The van der Waals surface area contributed by atoms with Crippen molar-refractivity contribution in [3.63, 3.8) is 0 Å². The van der Waals surface area contributed by atoms with Gasteiger partial charge in [-0.1, -0.05) is 0 Å². The Bertz CT molecular complexity index is 1050. The number of nitrogens with zero attached hydrogens (tertiary/aromatic N) is 4. The summed E-state index contributed by atoms with van der Waals surface area (Å²) in [6, 6.07) is 1.61. The van der Waals surface area contributed by atoms with Crippen molar-refractivity contribution in [1.82, 2.24) is 14.9 Å². The van der Waals surface area contributed by atoms with Crippen molar-refractivity contribution in [2.24, 2.45) is 23.2 Å². The normalized spacial score (nSPS) is 29.2. The van der Waals surface area contributed by atoms with Gasteiger partial charge in [-0.25, -0.2) is 9.97 Å². The van der Waals surface area contributed by atoms with Gasteiger partial charge in [-0.05, 0) is 61.8 Å². The maximum atomic E-state index is 13.1. The van der Waals surface area contributed by atoms with E-state index in [-0.39, 0.29) is 10.8 Å². The number of thiophene rings is 1. The van der Waals surface area contributed by atoms with E-state index in [0.717, 1.165) is 62.6 Å². The van der Waals surface area contributed by atoms with Crippen molar-refractivity contribution in [1.29, 1.82) is 0 Å². The maximum Gasteiger partial charge on any atom is 0.393 e. The molecule has 0 N–H and O–H groups in total. The van der Waals surface area contributed by atoms with Gasteiger partial charge >= 0.3 is 6.18 Å². The molecule has 1 spiro atoms. The molecule has 2 aromatic rings. The number of anilines is 1. The zero-order valence-corrected chi connectivity index (χ0v) is 18.7. The molecular weight excluding hydrogens is 437 g/mol. The second-order valence-corrected chi connectivity index (χ2v) is 11.5. The number of hydrogen-bond acceptors (Lipinski definition) is 5. The van der Waals surface area contributed by atoms with Crippen molar-refractivity contribution in [3.05, 3.63) is 17.3 Å². The maximum absolute atomic E-state index is 13.1. The highest BCUT2D eigenvalue weighted by Crippen LogP contribution is 2.59. The Labute approximate surface area is 189 Å². The summed E-state index contributed by atoms with van der Waals surface area (Å²) in [5.41, 5.74) is 0.507. The second-order valence-electron chi connectivity index (χ2n) is 10.4. The SMILES string of the molecule is O=C([C@H]1CCC2(CC2)C1)N1CC[C@@H]2CN(c3ncnc4sc(CC(F)(F)F)cc34)C[C@@H]2C1. The van der Waals surface area contributed by atoms with Gasteiger partial charge in [-0.2, -0.15) is 13.2 Å². The summed E-state index contributed by atoms with van der Waals surface area (Å²) in [6.45, 7) is 3.25. The van der Waals surface area contributed by atoms with Crippen LogP contribution >= 0.6 is 11.3 Å². The Morgan fingerprint density at radius 2 is 1.94 bits per heavy atom. The van der Waals surface area contributed by atoms with Gasteiger partial charge in [-0.15, -0.1) is 11.3 Å². The van der Waals surface area contributed by atoms with Crippen LogP contribution in [-0.2, 0) is 11.2 Å². The first-order valence-electron chi connectivity index (χ1n) is 11.6. The molecule has 32 heavy (non-hydrogen) atoms. The quantitative estimate of drug-likeness (QED) is 0.663. The minimum absolute atomic E-state index is 0.214. The Balaban J connectivity index is 1.16. The van der Waals surface area contributed by atoms with Gasteiger partial charge in [-0.3, -0.25) is 4.79 Å². The minimum Gasteiger partial charge on any atom is -0.355 e. The standard InChI is InChI=1S/C23H27F3N4OS/c24-23(25,26)9-17-7-18-19(27-13-28-20(18)32-17)30-10-15-2-6-29(11-16(15)12-30)21(31)14-1-3-22(8-14)4-5-22/h7,13-16H,1-6,8-12H2/t14-,15+,16-/m0/s1. The molecule has 0 aromatic carbocycles. The predicted octanol–water partition coefficient (Wildman–Crippen LogP) is 4.66. The number of piperidine rings is 1. The minimum atomic E-state index is -4.23. The lowest BCUT2D eigenvalue weighted by molar-refractivity contribution is -0.137. The number of hydrogen-bond donors (Lipinski definition) is 0. The molecule has 3 atom stereocenters. The van der Waals surface area contributed by atoms with Gasteiger partial charge in [0.1, 0.15) is 17.0 Å². The molecule has 0 unspecified atom stereocenters. The number of carbonyl (C=O) groups excluding carboxylic acids is 1. The van der Waals surface area contributed by atoms with Gasteiger partial charge < -0.3 is 9.80 Å². The molecule has 0 radical (unpaired) electrons. The second kappa shape index (κ2) is 7.30. The third-order valence-corrected chi connectivity index (χ3v) is 9.20. The fraction of sp³-hybridized carbons (Fsp3) is 0.696. The highest BCUT2D eigenvalue weighted by atomic mass is 32.1. The fourth-order valence-electron chi connectivity index (χ4n) is 6.28. The first-order chi connectivity index (χ1) is 15.3. The zero-order chi connectivity index (χ0) is 22.1. The van der Waals surface area contributed by atoms with Crippen molar-refractivity contribution >= 4 is 33.3 Å². The molecule has 2 saturated heterocycles. The van der Waals surface area contributed by atoms with Gasteiger partial charge in [0, 0.05) is 37.0 Å². The largest absolute Gasteiger partial charge is 0.393 e. The number of rotatable bonds is 3. The molecular formula is C23H27F3N4OS. The summed E-state index contributed by atoms with van der Waals surface area (Å²) in [7, 11) is 0. The first kappa shape index (κ1) is 20.7. The van der Waals surface area contributed by atoms with Gasteiger partial charge in [0.05, 0.1) is 11.8 Å². The monoisotopic (exact) mass is 464 g/mol. The third kappa shape index (κ3) is 3.76. The van der Waals surface area contributed by atoms with Crippen LogP contribution in [0.1, 0.15) is 43.4 Å².